The van der Waals surface area contributed by atoms with E-state index in [-0.39, 0.29) is 12.5 Å². The second-order valence-corrected chi connectivity index (χ2v) is 7.45. The fourth-order valence-corrected chi connectivity index (χ4v) is 3.92. The maximum Gasteiger partial charge on any atom is 0.410 e. The topological polar surface area (TPSA) is 66.8 Å². The zero-order valence-corrected chi connectivity index (χ0v) is 15.3. The molecular weight excluding hydrogens is 342 g/mol. The standard InChI is InChI=1S/C22H23NO4/c1-23(20(21(24)25)12-14-10-11-14)22(26)27-13-19-17-8-4-2-6-15(17)16-7-3-5-9-18(16)19/h2-9,14,19-20H,10-13H2,1H3,(H,24,25)/t20-/m1/s1. The lowest BCUT2D eigenvalue weighted by Crippen LogP contribution is -2.43. The van der Waals surface area contributed by atoms with E-state index in [9.17, 15) is 14.7 Å². The van der Waals surface area contributed by atoms with Crippen LogP contribution in [-0.2, 0) is 9.53 Å². The van der Waals surface area contributed by atoms with Crippen LogP contribution < -0.4 is 0 Å². The molecule has 2 aliphatic rings. The number of carboxylic acids is 1. The summed E-state index contributed by atoms with van der Waals surface area (Å²) in [6, 6.07) is 15.4. The number of fused-ring (bicyclic) bond motifs is 3. The number of hydrogen-bond acceptors (Lipinski definition) is 3. The van der Waals surface area contributed by atoms with Gasteiger partial charge >= 0.3 is 12.1 Å². The molecule has 27 heavy (non-hydrogen) atoms. The van der Waals surface area contributed by atoms with E-state index in [4.69, 9.17) is 4.74 Å². The molecule has 4 rings (SSSR count). The van der Waals surface area contributed by atoms with E-state index < -0.39 is 18.1 Å². The molecule has 1 saturated carbocycles. The van der Waals surface area contributed by atoms with E-state index in [2.05, 4.69) is 24.3 Å². The molecule has 1 fully saturated rings. The Labute approximate surface area is 158 Å². The van der Waals surface area contributed by atoms with Gasteiger partial charge in [0.2, 0.25) is 0 Å². The number of aliphatic carboxylic acids is 1. The lowest BCUT2D eigenvalue weighted by Gasteiger charge is -2.25. The quantitative estimate of drug-likeness (QED) is 0.836. The second kappa shape index (κ2) is 7.06. The molecule has 0 radical (unpaired) electrons. The largest absolute Gasteiger partial charge is 0.480 e. The summed E-state index contributed by atoms with van der Waals surface area (Å²) in [6.45, 7) is 0.201. The first-order valence-corrected chi connectivity index (χ1v) is 9.37. The highest BCUT2D eigenvalue weighted by molar-refractivity contribution is 5.81. The Hall–Kier alpha value is -2.82. The molecular formula is C22H23NO4. The minimum atomic E-state index is -0.974. The van der Waals surface area contributed by atoms with Crippen LogP contribution in [0.4, 0.5) is 4.79 Å². The highest BCUT2D eigenvalue weighted by Gasteiger charge is 2.35. The van der Waals surface area contributed by atoms with Crippen LogP contribution in [0.2, 0.25) is 0 Å². The van der Waals surface area contributed by atoms with Crippen molar-refractivity contribution in [3.63, 3.8) is 0 Å². The molecule has 0 spiro atoms. The number of rotatable bonds is 6. The first kappa shape index (κ1) is 17.6. The van der Waals surface area contributed by atoms with Gasteiger partial charge in [0.1, 0.15) is 12.6 Å². The van der Waals surface area contributed by atoms with E-state index in [1.54, 1.807) is 0 Å². The van der Waals surface area contributed by atoms with Crippen LogP contribution in [0.3, 0.4) is 0 Å². The summed E-state index contributed by atoms with van der Waals surface area (Å²) in [5.74, 6) is -0.589. The van der Waals surface area contributed by atoms with Crippen molar-refractivity contribution in [2.45, 2.75) is 31.2 Å². The normalized spacial score (nSPS) is 16.3. The van der Waals surface area contributed by atoms with Gasteiger partial charge in [-0.3, -0.25) is 4.90 Å². The monoisotopic (exact) mass is 365 g/mol. The van der Waals surface area contributed by atoms with Gasteiger partial charge in [-0.25, -0.2) is 9.59 Å². The van der Waals surface area contributed by atoms with Gasteiger partial charge in [-0.2, -0.15) is 0 Å². The lowest BCUT2D eigenvalue weighted by atomic mass is 9.98. The fourth-order valence-electron chi connectivity index (χ4n) is 3.92. The van der Waals surface area contributed by atoms with Gasteiger partial charge in [-0.05, 0) is 34.6 Å². The average molecular weight is 365 g/mol. The van der Waals surface area contributed by atoms with Crippen molar-refractivity contribution in [3.8, 4) is 11.1 Å². The van der Waals surface area contributed by atoms with E-state index in [1.165, 1.54) is 23.1 Å². The Morgan fingerprint density at radius 3 is 2.15 bits per heavy atom. The average Bonchev–Trinajstić information content (AvgIpc) is 3.45. The predicted molar refractivity (Wildman–Crippen MR) is 102 cm³/mol. The minimum absolute atomic E-state index is 0.0264. The Kier molecular flexibility index (Phi) is 4.60. The molecule has 1 amide bonds. The molecule has 2 aromatic rings. The maximum atomic E-state index is 12.5. The predicted octanol–water partition coefficient (Wildman–Crippen LogP) is 4.12. The summed E-state index contributed by atoms with van der Waals surface area (Å²) >= 11 is 0. The number of hydrogen-bond donors (Lipinski definition) is 1. The van der Waals surface area contributed by atoms with Crippen molar-refractivity contribution in [1.29, 1.82) is 0 Å². The first-order valence-electron chi connectivity index (χ1n) is 9.37. The van der Waals surface area contributed by atoms with Crippen LogP contribution in [0.1, 0.15) is 36.3 Å². The van der Waals surface area contributed by atoms with Crippen LogP contribution in [0, 0.1) is 5.92 Å². The zero-order chi connectivity index (χ0) is 19.0. The molecule has 0 bridgehead atoms. The van der Waals surface area contributed by atoms with Crippen molar-refractivity contribution >= 4 is 12.1 Å². The van der Waals surface area contributed by atoms with Gasteiger partial charge in [-0.15, -0.1) is 0 Å². The Bertz CT molecular complexity index is 829. The van der Waals surface area contributed by atoms with Crippen LogP contribution in [0.25, 0.3) is 11.1 Å². The highest BCUT2D eigenvalue weighted by atomic mass is 16.6. The molecule has 0 unspecified atom stereocenters. The molecule has 1 atom stereocenters. The SMILES string of the molecule is CN(C(=O)OCC1c2ccccc2-c2ccccc21)[C@H](CC1CC1)C(=O)O. The van der Waals surface area contributed by atoms with Crippen LogP contribution in [0.15, 0.2) is 48.5 Å². The second-order valence-electron chi connectivity index (χ2n) is 7.45. The third-order valence-corrected chi connectivity index (χ3v) is 5.63. The molecule has 2 aromatic carbocycles. The number of likely N-dealkylation sites (N-methyl/N-ethyl adjacent to an activating group) is 1. The highest BCUT2D eigenvalue weighted by Crippen LogP contribution is 2.44. The molecule has 140 valence electrons. The molecule has 1 N–H and O–H groups in total. The Morgan fingerprint density at radius 1 is 1.07 bits per heavy atom. The van der Waals surface area contributed by atoms with Gasteiger partial charge in [0.25, 0.3) is 0 Å². The number of carbonyl (C=O) groups is 2. The van der Waals surface area contributed by atoms with Gasteiger partial charge in [0.15, 0.2) is 0 Å². The summed E-state index contributed by atoms with van der Waals surface area (Å²) in [6.07, 6.45) is 2.01. The van der Waals surface area contributed by atoms with Gasteiger partial charge < -0.3 is 9.84 Å². The minimum Gasteiger partial charge on any atom is -0.480 e. The van der Waals surface area contributed by atoms with Crippen molar-refractivity contribution in [2.75, 3.05) is 13.7 Å². The van der Waals surface area contributed by atoms with Crippen molar-refractivity contribution in [3.05, 3.63) is 59.7 Å². The molecule has 0 saturated heterocycles. The molecule has 5 heteroatoms. The fraction of sp³-hybridized carbons (Fsp3) is 0.364. The number of benzene rings is 2. The number of amides is 1. The van der Waals surface area contributed by atoms with Crippen molar-refractivity contribution < 1.29 is 19.4 Å². The van der Waals surface area contributed by atoms with Gasteiger partial charge in [0, 0.05) is 13.0 Å². The Morgan fingerprint density at radius 2 is 1.63 bits per heavy atom. The maximum absolute atomic E-state index is 12.5. The number of carbonyl (C=O) groups excluding carboxylic acids is 1. The molecule has 0 aliphatic heterocycles. The summed E-state index contributed by atoms with van der Waals surface area (Å²) in [7, 11) is 1.51. The van der Waals surface area contributed by atoms with E-state index in [1.807, 2.05) is 24.3 Å². The third kappa shape index (κ3) is 3.42. The smallest absolute Gasteiger partial charge is 0.410 e. The molecule has 5 nitrogen and oxygen atoms in total. The van der Waals surface area contributed by atoms with Crippen molar-refractivity contribution in [2.24, 2.45) is 5.92 Å². The third-order valence-electron chi connectivity index (χ3n) is 5.63. The Balaban J connectivity index is 1.48. The van der Waals surface area contributed by atoms with Gasteiger partial charge in [0.05, 0.1) is 0 Å². The van der Waals surface area contributed by atoms with Crippen LogP contribution >= 0.6 is 0 Å². The first-order chi connectivity index (χ1) is 13.1. The van der Waals surface area contributed by atoms with Crippen LogP contribution in [0.5, 0.6) is 0 Å². The molecule has 2 aliphatic carbocycles. The van der Waals surface area contributed by atoms with E-state index in [0.717, 1.165) is 24.0 Å². The summed E-state index contributed by atoms with van der Waals surface area (Å²) in [4.78, 5) is 25.3. The van der Waals surface area contributed by atoms with Crippen molar-refractivity contribution in [1.82, 2.24) is 4.90 Å². The summed E-state index contributed by atoms with van der Waals surface area (Å²) in [5.41, 5.74) is 4.61. The van der Waals surface area contributed by atoms with Gasteiger partial charge in [-0.1, -0.05) is 61.4 Å². The summed E-state index contributed by atoms with van der Waals surface area (Å²) in [5, 5.41) is 9.46. The molecule has 0 aromatic heterocycles. The van der Waals surface area contributed by atoms with Crippen LogP contribution in [-0.4, -0.2) is 41.8 Å². The lowest BCUT2D eigenvalue weighted by molar-refractivity contribution is -0.142. The van der Waals surface area contributed by atoms with E-state index >= 15 is 0 Å². The zero-order valence-electron chi connectivity index (χ0n) is 15.3. The summed E-state index contributed by atoms with van der Waals surface area (Å²) < 4.78 is 5.56. The number of ether oxygens (including phenoxy) is 1. The number of nitrogens with zero attached hydrogens (tertiary/aromatic N) is 1. The van der Waals surface area contributed by atoms with E-state index in [0.29, 0.717) is 12.3 Å². The molecule has 0 heterocycles. The number of carboxylic acid groups (broad SMARTS) is 1.